The predicted molar refractivity (Wildman–Crippen MR) is 70.4 cm³/mol. The molecule has 106 valence electrons. The number of hydrogen-bond donors (Lipinski definition) is 1. The third kappa shape index (κ3) is 3.59. The summed E-state index contributed by atoms with van der Waals surface area (Å²) in [6.45, 7) is 5.67. The molecule has 1 rings (SSSR count). The van der Waals surface area contributed by atoms with Gasteiger partial charge in [0.2, 0.25) is 5.91 Å². The number of carboxylic acids is 1. The summed E-state index contributed by atoms with van der Waals surface area (Å²) in [6, 6.07) is 1.78. The highest BCUT2D eigenvalue weighted by atomic mass is 16.4. The topological polar surface area (TPSA) is 70.8 Å². The highest BCUT2D eigenvalue weighted by Gasteiger charge is 2.39. The van der Waals surface area contributed by atoms with Gasteiger partial charge in [-0.3, -0.25) is 9.59 Å². The molecule has 0 saturated carbocycles. The molecule has 5 nitrogen and oxygen atoms in total. The molecule has 0 aliphatic heterocycles. The standard InChI is InChI=1S/C14H21NO4/c1-10(2)14(3,13(17)18)7-12(16)15(4)8-11-5-6-19-9-11/h5-6,9-10H,7-8H2,1-4H3,(H,17,18). The lowest BCUT2D eigenvalue weighted by Gasteiger charge is -2.30. The van der Waals surface area contributed by atoms with Crippen LogP contribution in [-0.2, 0) is 16.1 Å². The fourth-order valence-electron chi connectivity index (χ4n) is 1.72. The number of carboxylic acid groups (broad SMARTS) is 1. The molecule has 1 aromatic rings. The van der Waals surface area contributed by atoms with E-state index in [4.69, 9.17) is 4.42 Å². The molecule has 0 aliphatic carbocycles. The van der Waals surface area contributed by atoms with Crippen molar-refractivity contribution in [3.05, 3.63) is 24.2 Å². The summed E-state index contributed by atoms with van der Waals surface area (Å²) >= 11 is 0. The second kappa shape index (κ2) is 5.91. The molecule has 0 aliphatic rings. The van der Waals surface area contributed by atoms with E-state index in [1.165, 1.54) is 4.90 Å². The number of furan rings is 1. The summed E-state index contributed by atoms with van der Waals surface area (Å²) in [6.07, 6.45) is 3.11. The fraction of sp³-hybridized carbons (Fsp3) is 0.571. The van der Waals surface area contributed by atoms with Gasteiger partial charge in [0.1, 0.15) is 0 Å². The van der Waals surface area contributed by atoms with Crippen LogP contribution in [-0.4, -0.2) is 28.9 Å². The van der Waals surface area contributed by atoms with E-state index in [0.29, 0.717) is 6.54 Å². The Hall–Kier alpha value is -1.78. The third-order valence-electron chi connectivity index (χ3n) is 3.71. The van der Waals surface area contributed by atoms with E-state index >= 15 is 0 Å². The van der Waals surface area contributed by atoms with Crippen LogP contribution < -0.4 is 0 Å². The van der Waals surface area contributed by atoms with Crippen molar-refractivity contribution in [2.75, 3.05) is 7.05 Å². The molecule has 0 bridgehead atoms. The second-order valence-corrected chi connectivity index (χ2v) is 5.44. The van der Waals surface area contributed by atoms with Gasteiger partial charge in [0.15, 0.2) is 0 Å². The zero-order valence-corrected chi connectivity index (χ0v) is 11.8. The summed E-state index contributed by atoms with van der Waals surface area (Å²) in [7, 11) is 1.66. The first-order valence-electron chi connectivity index (χ1n) is 6.26. The number of amides is 1. The lowest BCUT2D eigenvalue weighted by Crippen LogP contribution is -2.39. The molecule has 0 fully saturated rings. The number of hydrogen-bond acceptors (Lipinski definition) is 3. The minimum atomic E-state index is -1.04. The number of rotatable bonds is 6. The zero-order chi connectivity index (χ0) is 14.6. The second-order valence-electron chi connectivity index (χ2n) is 5.44. The number of nitrogens with zero attached hydrogens (tertiary/aromatic N) is 1. The predicted octanol–water partition coefficient (Wildman–Crippen LogP) is 2.38. The van der Waals surface area contributed by atoms with Crippen LogP contribution >= 0.6 is 0 Å². The van der Waals surface area contributed by atoms with E-state index in [1.54, 1.807) is 32.6 Å². The molecule has 1 heterocycles. The zero-order valence-electron chi connectivity index (χ0n) is 11.8. The Morgan fingerprint density at radius 2 is 2.11 bits per heavy atom. The van der Waals surface area contributed by atoms with Gasteiger partial charge in [0.25, 0.3) is 0 Å². The minimum absolute atomic E-state index is 0.00560. The summed E-state index contributed by atoms with van der Waals surface area (Å²) in [4.78, 5) is 25.0. The van der Waals surface area contributed by atoms with E-state index in [1.807, 2.05) is 13.8 Å². The molecule has 0 saturated heterocycles. The van der Waals surface area contributed by atoms with E-state index in [0.717, 1.165) is 5.56 Å². The first-order valence-corrected chi connectivity index (χ1v) is 6.26. The number of aliphatic carboxylic acids is 1. The monoisotopic (exact) mass is 267 g/mol. The molecule has 1 atom stereocenters. The summed E-state index contributed by atoms with van der Waals surface area (Å²) in [5, 5.41) is 9.30. The first kappa shape index (κ1) is 15.3. The average Bonchev–Trinajstić information content (AvgIpc) is 2.80. The van der Waals surface area contributed by atoms with Crippen LogP contribution in [0.1, 0.15) is 32.8 Å². The SMILES string of the molecule is CC(C)C(C)(CC(=O)N(C)Cc1ccoc1)C(=O)O. The fourth-order valence-corrected chi connectivity index (χ4v) is 1.72. The van der Waals surface area contributed by atoms with E-state index in [-0.39, 0.29) is 18.2 Å². The molecule has 0 spiro atoms. The van der Waals surface area contributed by atoms with Crippen molar-refractivity contribution < 1.29 is 19.1 Å². The van der Waals surface area contributed by atoms with Crippen molar-refractivity contribution in [2.24, 2.45) is 11.3 Å². The molecule has 5 heteroatoms. The molecule has 1 aromatic heterocycles. The Balaban J connectivity index is 2.69. The largest absolute Gasteiger partial charge is 0.481 e. The first-order chi connectivity index (χ1) is 8.77. The highest BCUT2D eigenvalue weighted by molar-refractivity contribution is 5.84. The molecule has 1 N–H and O–H groups in total. The van der Waals surface area contributed by atoms with Crippen LogP contribution in [0.4, 0.5) is 0 Å². The van der Waals surface area contributed by atoms with Crippen molar-refractivity contribution in [1.82, 2.24) is 4.90 Å². The van der Waals surface area contributed by atoms with Gasteiger partial charge in [-0.05, 0) is 18.9 Å². The summed E-state index contributed by atoms with van der Waals surface area (Å²) < 4.78 is 4.94. The van der Waals surface area contributed by atoms with Crippen LogP contribution in [0.5, 0.6) is 0 Å². The maximum Gasteiger partial charge on any atom is 0.310 e. The number of carbonyl (C=O) groups is 2. The Labute approximate surface area is 113 Å². The van der Waals surface area contributed by atoms with E-state index < -0.39 is 11.4 Å². The van der Waals surface area contributed by atoms with Gasteiger partial charge in [-0.1, -0.05) is 13.8 Å². The van der Waals surface area contributed by atoms with Crippen molar-refractivity contribution in [2.45, 2.75) is 33.7 Å². The van der Waals surface area contributed by atoms with Crippen molar-refractivity contribution in [3.63, 3.8) is 0 Å². The van der Waals surface area contributed by atoms with Gasteiger partial charge in [0, 0.05) is 25.6 Å². The number of carbonyl (C=O) groups excluding carboxylic acids is 1. The maximum absolute atomic E-state index is 12.1. The van der Waals surface area contributed by atoms with Gasteiger partial charge in [-0.15, -0.1) is 0 Å². The Morgan fingerprint density at radius 3 is 2.53 bits per heavy atom. The highest BCUT2D eigenvalue weighted by Crippen LogP contribution is 2.32. The van der Waals surface area contributed by atoms with Crippen LogP contribution in [0.25, 0.3) is 0 Å². The third-order valence-corrected chi connectivity index (χ3v) is 3.71. The summed E-state index contributed by atoms with van der Waals surface area (Å²) in [5.41, 5.74) is -0.153. The maximum atomic E-state index is 12.1. The van der Waals surface area contributed by atoms with Gasteiger partial charge >= 0.3 is 5.97 Å². The molecular formula is C14H21NO4. The van der Waals surface area contributed by atoms with Gasteiger partial charge in [-0.25, -0.2) is 0 Å². The normalized spacial score (nSPS) is 14.2. The lowest BCUT2D eigenvalue weighted by atomic mass is 9.76. The molecular weight excluding hydrogens is 246 g/mol. The van der Waals surface area contributed by atoms with Crippen LogP contribution in [0, 0.1) is 11.3 Å². The van der Waals surface area contributed by atoms with Gasteiger partial charge in [-0.2, -0.15) is 0 Å². The Kier molecular flexibility index (Phi) is 4.75. The van der Waals surface area contributed by atoms with Crippen molar-refractivity contribution in [3.8, 4) is 0 Å². The van der Waals surface area contributed by atoms with Gasteiger partial charge in [0.05, 0.1) is 17.9 Å². The smallest absolute Gasteiger partial charge is 0.310 e. The van der Waals surface area contributed by atoms with Crippen molar-refractivity contribution in [1.29, 1.82) is 0 Å². The van der Waals surface area contributed by atoms with Crippen molar-refractivity contribution >= 4 is 11.9 Å². The van der Waals surface area contributed by atoms with Crippen LogP contribution in [0.2, 0.25) is 0 Å². The van der Waals surface area contributed by atoms with Gasteiger partial charge < -0.3 is 14.4 Å². The quantitative estimate of drug-likeness (QED) is 0.859. The van der Waals surface area contributed by atoms with Crippen LogP contribution in [0.3, 0.4) is 0 Å². The molecule has 0 aromatic carbocycles. The molecule has 1 unspecified atom stereocenters. The van der Waals surface area contributed by atoms with E-state index in [9.17, 15) is 14.7 Å². The van der Waals surface area contributed by atoms with E-state index in [2.05, 4.69) is 0 Å². The molecule has 19 heavy (non-hydrogen) atoms. The summed E-state index contributed by atoms with van der Waals surface area (Å²) in [5.74, 6) is -1.23. The Bertz CT molecular complexity index is 438. The lowest BCUT2D eigenvalue weighted by molar-refractivity contribution is -0.155. The molecule has 1 amide bonds. The average molecular weight is 267 g/mol. The minimum Gasteiger partial charge on any atom is -0.481 e. The Morgan fingerprint density at radius 1 is 1.47 bits per heavy atom. The van der Waals surface area contributed by atoms with Crippen LogP contribution in [0.15, 0.2) is 23.0 Å². The molecule has 0 radical (unpaired) electrons.